The summed E-state index contributed by atoms with van der Waals surface area (Å²) in [5.74, 6) is 0.161. The predicted octanol–water partition coefficient (Wildman–Crippen LogP) is 3.17. The molecule has 0 aliphatic heterocycles. The van der Waals surface area contributed by atoms with Gasteiger partial charge in [0.25, 0.3) is 0 Å². The minimum Gasteiger partial charge on any atom is -0.381 e. The SMILES string of the molecule is Cc1ccc(NC2CCCC2C#N)cc1N(C)C. The molecular weight excluding hydrogens is 222 g/mol. The quantitative estimate of drug-likeness (QED) is 0.886. The molecule has 1 saturated carbocycles. The lowest BCUT2D eigenvalue weighted by Gasteiger charge is -2.21. The summed E-state index contributed by atoms with van der Waals surface area (Å²) in [5, 5.41) is 12.6. The van der Waals surface area contributed by atoms with Crippen molar-refractivity contribution in [3.8, 4) is 6.07 Å². The zero-order valence-corrected chi connectivity index (χ0v) is 11.4. The maximum absolute atomic E-state index is 9.10. The average Bonchev–Trinajstić information content (AvgIpc) is 2.78. The van der Waals surface area contributed by atoms with Gasteiger partial charge in [0, 0.05) is 31.5 Å². The van der Waals surface area contributed by atoms with E-state index >= 15 is 0 Å². The largest absolute Gasteiger partial charge is 0.381 e. The van der Waals surface area contributed by atoms with Crippen molar-refractivity contribution < 1.29 is 0 Å². The summed E-state index contributed by atoms with van der Waals surface area (Å²) >= 11 is 0. The normalized spacial score (nSPS) is 22.6. The van der Waals surface area contributed by atoms with E-state index in [1.165, 1.54) is 11.3 Å². The first-order valence-corrected chi connectivity index (χ1v) is 6.56. The first kappa shape index (κ1) is 12.8. The van der Waals surface area contributed by atoms with Gasteiger partial charge in [0.1, 0.15) is 0 Å². The van der Waals surface area contributed by atoms with Gasteiger partial charge < -0.3 is 10.2 Å². The maximum atomic E-state index is 9.10. The van der Waals surface area contributed by atoms with Crippen LogP contribution in [0.1, 0.15) is 24.8 Å². The van der Waals surface area contributed by atoms with Gasteiger partial charge in [-0.2, -0.15) is 5.26 Å². The second-order valence-corrected chi connectivity index (χ2v) is 5.31. The van der Waals surface area contributed by atoms with Crippen molar-refractivity contribution >= 4 is 11.4 Å². The van der Waals surface area contributed by atoms with Gasteiger partial charge in [-0.1, -0.05) is 6.07 Å². The summed E-state index contributed by atoms with van der Waals surface area (Å²) in [6.07, 6.45) is 3.28. The fraction of sp³-hybridized carbons (Fsp3) is 0.533. The van der Waals surface area contributed by atoms with Gasteiger partial charge in [0.15, 0.2) is 0 Å². The van der Waals surface area contributed by atoms with Crippen molar-refractivity contribution in [3.63, 3.8) is 0 Å². The first-order chi connectivity index (χ1) is 8.61. The average molecular weight is 243 g/mol. The third-order valence-electron chi connectivity index (χ3n) is 3.72. The van der Waals surface area contributed by atoms with Crippen molar-refractivity contribution in [1.29, 1.82) is 5.26 Å². The van der Waals surface area contributed by atoms with Crippen molar-refractivity contribution in [3.05, 3.63) is 23.8 Å². The van der Waals surface area contributed by atoms with E-state index in [1.54, 1.807) is 0 Å². The molecule has 1 N–H and O–H groups in total. The fourth-order valence-corrected chi connectivity index (χ4v) is 2.68. The summed E-state index contributed by atoms with van der Waals surface area (Å²) in [6, 6.07) is 9.13. The maximum Gasteiger partial charge on any atom is 0.0677 e. The smallest absolute Gasteiger partial charge is 0.0677 e. The molecular formula is C15H21N3. The Labute approximate surface area is 109 Å². The number of nitriles is 1. The molecule has 1 aliphatic rings. The minimum atomic E-state index is 0.161. The van der Waals surface area contributed by atoms with E-state index in [0.29, 0.717) is 6.04 Å². The highest BCUT2D eigenvalue weighted by Crippen LogP contribution is 2.30. The van der Waals surface area contributed by atoms with E-state index < -0.39 is 0 Å². The lowest BCUT2D eigenvalue weighted by atomic mass is 10.1. The molecule has 1 aromatic carbocycles. The zero-order chi connectivity index (χ0) is 13.1. The number of nitrogens with one attached hydrogen (secondary N) is 1. The Bertz CT molecular complexity index is 459. The van der Waals surface area contributed by atoms with Crippen LogP contribution in [-0.2, 0) is 0 Å². The molecule has 18 heavy (non-hydrogen) atoms. The van der Waals surface area contributed by atoms with Crippen LogP contribution in [0.5, 0.6) is 0 Å². The lowest BCUT2D eigenvalue weighted by Crippen LogP contribution is -2.23. The van der Waals surface area contributed by atoms with Crippen molar-refractivity contribution in [2.24, 2.45) is 5.92 Å². The highest BCUT2D eigenvalue weighted by Gasteiger charge is 2.26. The third-order valence-corrected chi connectivity index (χ3v) is 3.72. The van der Waals surface area contributed by atoms with Gasteiger partial charge in [0.2, 0.25) is 0 Å². The van der Waals surface area contributed by atoms with Crippen LogP contribution in [0, 0.1) is 24.2 Å². The van der Waals surface area contributed by atoms with Crippen molar-refractivity contribution in [2.45, 2.75) is 32.2 Å². The van der Waals surface area contributed by atoms with Crippen LogP contribution in [-0.4, -0.2) is 20.1 Å². The van der Waals surface area contributed by atoms with Crippen LogP contribution in [0.15, 0.2) is 18.2 Å². The van der Waals surface area contributed by atoms with E-state index in [2.05, 4.69) is 55.5 Å². The van der Waals surface area contributed by atoms with Crippen LogP contribution >= 0.6 is 0 Å². The first-order valence-electron chi connectivity index (χ1n) is 6.56. The van der Waals surface area contributed by atoms with Crippen molar-refractivity contribution in [1.82, 2.24) is 0 Å². The molecule has 96 valence electrons. The molecule has 0 heterocycles. The summed E-state index contributed by atoms with van der Waals surface area (Å²) in [5.41, 5.74) is 3.62. The predicted molar refractivity (Wildman–Crippen MR) is 75.9 cm³/mol. The third kappa shape index (κ3) is 2.59. The molecule has 1 fully saturated rings. The van der Waals surface area contributed by atoms with Gasteiger partial charge in [-0.3, -0.25) is 0 Å². The van der Waals surface area contributed by atoms with Crippen LogP contribution in [0.2, 0.25) is 0 Å². The lowest BCUT2D eigenvalue weighted by molar-refractivity contribution is 0.630. The molecule has 0 radical (unpaired) electrons. The second-order valence-electron chi connectivity index (χ2n) is 5.31. The molecule has 0 amide bonds. The molecule has 0 saturated heterocycles. The van der Waals surface area contributed by atoms with Crippen LogP contribution in [0.3, 0.4) is 0 Å². The van der Waals surface area contributed by atoms with E-state index in [0.717, 1.165) is 24.9 Å². The van der Waals surface area contributed by atoms with Crippen LogP contribution in [0.25, 0.3) is 0 Å². The fourth-order valence-electron chi connectivity index (χ4n) is 2.68. The minimum absolute atomic E-state index is 0.161. The highest BCUT2D eigenvalue weighted by molar-refractivity contribution is 5.62. The molecule has 1 aliphatic carbocycles. The number of benzene rings is 1. The standard InChI is InChI=1S/C15H21N3/c1-11-7-8-13(9-15(11)18(2)3)17-14-6-4-5-12(14)10-16/h7-9,12,14,17H,4-6H2,1-3H3. The van der Waals surface area contributed by atoms with Crippen LogP contribution < -0.4 is 10.2 Å². The second kappa shape index (κ2) is 5.30. The van der Waals surface area contributed by atoms with Gasteiger partial charge in [0.05, 0.1) is 12.0 Å². The monoisotopic (exact) mass is 243 g/mol. The van der Waals surface area contributed by atoms with Crippen molar-refractivity contribution in [2.75, 3.05) is 24.3 Å². The molecule has 3 nitrogen and oxygen atoms in total. The number of anilines is 2. The summed E-state index contributed by atoms with van der Waals surface area (Å²) in [6.45, 7) is 2.12. The molecule has 2 atom stereocenters. The Morgan fingerprint density at radius 2 is 2.11 bits per heavy atom. The molecule has 1 aromatic rings. The molecule has 0 aromatic heterocycles. The number of nitrogens with zero attached hydrogens (tertiary/aromatic N) is 2. The van der Waals surface area contributed by atoms with E-state index in [9.17, 15) is 0 Å². The van der Waals surface area contributed by atoms with Crippen LogP contribution in [0.4, 0.5) is 11.4 Å². The number of hydrogen-bond acceptors (Lipinski definition) is 3. The summed E-state index contributed by atoms with van der Waals surface area (Å²) in [7, 11) is 4.11. The molecule has 2 rings (SSSR count). The van der Waals surface area contributed by atoms with E-state index in [4.69, 9.17) is 5.26 Å². The summed E-state index contributed by atoms with van der Waals surface area (Å²) < 4.78 is 0. The summed E-state index contributed by atoms with van der Waals surface area (Å²) in [4.78, 5) is 2.12. The molecule has 3 heteroatoms. The Morgan fingerprint density at radius 3 is 2.78 bits per heavy atom. The number of hydrogen-bond donors (Lipinski definition) is 1. The molecule has 2 unspecified atom stereocenters. The van der Waals surface area contributed by atoms with Gasteiger partial charge in [-0.05, 0) is 43.9 Å². The topological polar surface area (TPSA) is 39.1 Å². The number of aryl methyl sites for hydroxylation is 1. The highest BCUT2D eigenvalue weighted by atomic mass is 15.1. The number of rotatable bonds is 3. The Morgan fingerprint density at radius 1 is 1.33 bits per heavy atom. The van der Waals surface area contributed by atoms with Gasteiger partial charge in [-0.15, -0.1) is 0 Å². The Hall–Kier alpha value is -1.69. The van der Waals surface area contributed by atoms with E-state index in [-0.39, 0.29) is 5.92 Å². The van der Waals surface area contributed by atoms with Gasteiger partial charge in [-0.25, -0.2) is 0 Å². The Balaban J connectivity index is 2.15. The molecule has 0 spiro atoms. The Kier molecular flexibility index (Phi) is 3.76. The van der Waals surface area contributed by atoms with E-state index in [1.807, 2.05) is 0 Å². The van der Waals surface area contributed by atoms with Gasteiger partial charge >= 0.3 is 0 Å². The molecule has 0 bridgehead atoms. The zero-order valence-electron chi connectivity index (χ0n) is 11.4.